The van der Waals surface area contributed by atoms with Crippen LogP contribution >= 0.6 is 11.6 Å². The Morgan fingerprint density at radius 2 is 2.10 bits per heavy atom. The lowest BCUT2D eigenvalue weighted by Gasteiger charge is -2.10. The highest BCUT2D eigenvalue weighted by molar-refractivity contribution is 7.92. The average molecular weight is 329 g/mol. The Morgan fingerprint density at radius 3 is 2.67 bits per heavy atom. The third-order valence-electron chi connectivity index (χ3n) is 2.77. The number of anilines is 1. The number of aromatic nitrogens is 2. The molecule has 2 rings (SSSR count). The Hall–Kier alpha value is -2.06. The molecule has 1 amide bonds. The Morgan fingerprint density at radius 1 is 1.38 bits per heavy atom. The van der Waals surface area contributed by atoms with Gasteiger partial charge in [0.05, 0.1) is 22.6 Å². The number of sulfonamides is 1. The lowest BCUT2D eigenvalue weighted by atomic mass is 10.2. The van der Waals surface area contributed by atoms with Gasteiger partial charge in [0.2, 0.25) is 0 Å². The molecule has 0 bridgehead atoms. The number of aryl methyl sites for hydroxylation is 1. The van der Waals surface area contributed by atoms with Gasteiger partial charge in [0.15, 0.2) is 0 Å². The number of H-pyrrole nitrogens is 1. The SMILES string of the molecule is CNC(=O)c1ccc(Cl)c(NS(=O)(=O)c2cn[nH]c2C)c1. The number of nitrogens with one attached hydrogen (secondary N) is 3. The van der Waals surface area contributed by atoms with E-state index in [0.29, 0.717) is 11.3 Å². The number of amides is 1. The van der Waals surface area contributed by atoms with Gasteiger partial charge in [0.25, 0.3) is 15.9 Å². The molecule has 0 aliphatic carbocycles. The van der Waals surface area contributed by atoms with E-state index in [2.05, 4.69) is 20.2 Å². The van der Waals surface area contributed by atoms with Crippen LogP contribution in [0.5, 0.6) is 0 Å². The van der Waals surface area contributed by atoms with Crippen LogP contribution in [-0.4, -0.2) is 31.6 Å². The number of carbonyl (C=O) groups excluding carboxylic acids is 1. The number of hydrogen-bond donors (Lipinski definition) is 3. The van der Waals surface area contributed by atoms with Crippen molar-refractivity contribution in [2.24, 2.45) is 0 Å². The predicted molar refractivity (Wildman–Crippen MR) is 79.0 cm³/mol. The Balaban J connectivity index is 2.40. The third-order valence-corrected chi connectivity index (χ3v) is 4.58. The fraction of sp³-hybridized carbons (Fsp3) is 0.167. The first kappa shape index (κ1) is 15.3. The number of hydrogen-bond acceptors (Lipinski definition) is 4. The van der Waals surface area contributed by atoms with E-state index in [1.54, 1.807) is 6.92 Å². The fourth-order valence-corrected chi connectivity index (χ4v) is 3.13. The molecule has 2 aromatic rings. The lowest BCUT2D eigenvalue weighted by Crippen LogP contribution is -2.19. The van der Waals surface area contributed by atoms with Gasteiger partial charge in [-0.15, -0.1) is 0 Å². The van der Waals surface area contributed by atoms with E-state index in [1.807, 2.05) is 0 Å². The van der Waals surface area contributed by atoms with Gasteiger partial charge in [-0.3, -0.25) is 14.6 Å². The predicted octanol–water partition coefficient (Wildman–Crippen LogP) is 1.53. The largest absolute Gasteiger partial charge is 0.355 e. The zero-order valence-electron chi connectivity index (χ0n) is 11.3. The Kier molecular flexibility index (Phi) is 4.19. The molecular formula is C12H13ClN4O3S. The first-order valence-electron chi connectivity index (χ1n) is 5.89. The van der Waals surface area contributed by atoms with Gasteiger partial charge in [-0.1, -0.05) is 11.6 Å². The van der Waals surface area contributed by atoms with Crippen molar-refractivity contribution in [2.75, 3.05) is 11.8 Å². The minimum absolute atomic E-state index is 0.0175. The smallest absolute Gasteiger partial charge is 0.265 e. The van der Waals surface area contributed by atoms with Crippen LogP contribution < -0.4 is 10.0 Å². The van der Waals surface area contributed by atoms with E-state index < -0.39 is 10.0 Å². The number of rotatable bonds is 4. The second-order valence-electron chi connectivity index (χ2n) is 4.24. The molecule has 0 radical (unpaired) electrons. The normalized spacial score (nSPS) is 11.2. The molecule has 0 saturated carbocycles. The summed E-state index contributed by atoms with van der Waals surface area (Å²) in [6.45, 7) is 1.59. The maximum Gasteiger partial charge on any atom is 0.265 e. The first-order chi connectivity index (χ1) is 9.85. The summed E-state index contributed by atoms with van der Waals surface area (Å²) in [6.07, 6.45) is 1.20. The zero-order chi connectivity index (χ0) is 15.6. The van der Waals surface area contributed by atoms with Gasteiger partial charge >= 0.3 is 0 Å². The van der Waals surface area contributed by atoms with Crippen molar-refractivity contribution in [3.05, 3.63) is 40.7 Å². The van der Waals surface area contributed by atoms with E-state index in [1.165, 1.54) is 31.4 Å². The molecule has 112 valence electrons. The molecule has 0 saturated heterocycles. The Labute approximate surface area is 126 Å². The second kappa shape index (κ2) is 5.74. The molecule has 7 nitrogen and oxygen atoms in total. The maximum absolute atomic E-state index is 12.3. The van der Waals surface area contributed by atoms with Crippen LogP contribution in [0.25, 0.3) is 0 Å². The summed E-state index contributed by atoms with van der Waals surface area (Å²) in [5.41, 5.74) is 0.822. The molecule has 9 heteroatoms. The van der Waals surface area contributed by atoms with Gasteiger partial charge in [0, 0.05) is 12.6 Å². The van der Waals surface area contributed by atoms with Crippen LogP contribution in [0.3, 0.4) is 0 Å². The summed E-state index contributed by atoms with van der Waals surface area (Å²) in [5.74, 6) is -0.341. The molecule has 1 aromatic carbocycles. The number of aromatic amines is 1. The van der Waals surface area contributed by atoms with Crippen molar-refractivity contribution in [2.45, 2.75) is 11.8 Å². The molecule has 0 aliphatic rings. The van der Waals surface area contributed by atoms with Crippen LogP contribution in [0.2, 0.25) is 5.02 Å². The summed E-state index contributed by atoms with van der Waals surface area (Å²) in [5, 5.41) is 8.86. The van der Waals surface area contributed by atoms with Gasteiger partial charge in [-0.25, -0.2) is 8.42 Å². The first-order valence-corrected chi connectivity index (χ1v) is 7.75. The summed E-state index contributed by atoms with van der Waals surface area (Å²) < 4.78 is 26.9. The third kappa shape index (κ3) is 3.17. The lowest BCUT2D eigenvalue weighted by molar-refractivity contribution is 0.0963. The van der Waals surface area contributed by atoms with E-state index >= 15 is 0 Å². The molecule has 21 heavy (non-hydrogen) atoms. The molecule has 0 fully saturated rings. The summed E-state index contributed by atoms with van der Waals surface area (Å²) in [4.78, 5) is 11.6. The van der Waals surface area contributed by atoms with Gasteiger partial charge in [0.1, 0.15) is 4.90 Å². The number of halogens is 1. The molecule has 0 spiro atoms. The van der Waals surface area contributed by atoms with Crippen LogP contribution in [-0.2, 0) is 10.0 Å². The molecule has 1 aromatic heterocycles. The number of benzene rings is 1. The quantitative estimate of drug-likeness (QED) is 0.791. The number of carbonyl (C=O) groups is 1. The van der Waals surface area contributed by atoms with Gasteiger partial charge in [-0.2, -0.15) is 5.10 Å². The average Bonchev–Trinajstić information content (AvgIpc) is 2.87. The van der Waals surface area contributed by atoms with E-state index in [9.17, 15) is 13.2 Å². The topological polar surface area (TPSA) is 104 Å². The van der Waals surface area contributed by atoms with Crippen molar-refractivity contribution >= 4 is 33.2 Å². The van der Waals surface area contributed by atoms with Crippen molar-refractivity contribution in [3.63, 3.8) is 0 Å². The minimum atomic E-state index is -3.83. The zero-order valence-corrected chi connectivity index (χ0v) is 12.8. The highest BCUT2D eigenvalue weighted by Crippen LogP contribution is 2.26. The molecule has 1 heterocycles. The van der Waals surface area contributed by atoms with Gasteiger partial charge < -0.3 is 5.32 Å². The summed E-state index contributed by atoms with van der Waals surface area (Å²) in [7, 11) is -2.35. The Bertz CT molecular complexity index is 786. The van der Waals surface area contributed by atoms with Crippen molar-refractivity contribution in [1.82, 2.24) is 15.5 Å². The van der Waals surface area contributed by atoms with E-state index in [0.717, 1.165) is 0 Å². The highest BCUT2D eigenvalue weighted by Gasteiger charge is 2.20. The summed E-state index contributed by atoms with van der Waals surface area (Å²) in [6, 6.07) is 4.32. The van der Waals surface area contributed by atoms with Crippen molar-refractivity contribution in [3.8, 4) is 0 Å². The highest BCUT2D eigenvalue weighted by atomic mass is 35.5. The van der Waals surface area contributed by atoms with E-state index in [4.69, 9.17) is 11.6 Å². The van der Waals surface area contributed by atoms with Crippen molar-refractivity contribution in [1.29, 1.82) is 0 Å². The second-order valence-corrected chi connectivity index (χ2v) is 6.30. The standard InChI is InChI=1S/C12H13ClN4O3S/c1-7-11(6-15-16-7)21(19,20)17-10-5-8(12(18)14-2)3-4-9(10)13/h3-6,17H,1-2H3,(H,14,18)(H,15,16). The molecular weight excluding hydrogens is 316 g/mol. The monoisotopic (exact) mass is 328 g/mol. The fourth-order valence-electron chi connectivity index (χ4n) is 1.70. The molecule has 3 N–H and O–H groups in total. The van der Waals surface area contributed by atoms with Crippen LogP contribution in [0, 0.1) is 6.92 Å². The molecule has 0 unspecified atom stereocenters. The van der Waals surface area contributed by atoms with Crippen LogP contribution in [0.4, 0.5) is 5.69 Å². The molecule has 0 atom stereocenters. The van der Waals surface area contributed by atoms with E-state index in [-0.39, 0.29) is 21.5 Å². The van der Waals surface area contributed by atoms with Crippen LogP contribution in [0.15, 0.2) is 29.3 Å². The maximum atomic E-state index is 12.3. The van der Waals surface area contributed by atoms with Gasteiger partial charge in [-0.05, 0) is 25.1 Å². The summed E-state index contributed by atoms with van der Waals surface area (Å²) >= 11 is 5.97. The molecule has 0 aliphatic heterocycles. The minimum Gasteiger partial charge on any atom is -0.355 e. The van der Waals surface area contributed by atoms with Crippen molar-refractivity contribution < 1.29 is 13.2 Å². The number of nitrogens with zero attached hydrogens (tertiary/aromatic N) is 1. The van der Waals surface area contributed by atoms with Crippen LogP contribution in [0.1, 0.15) is 16.1 Å².